The summed E-state index contributed by atoms with van der Waals surface area (Å²) in [7, 11) is 0. The first-order valence-corrected chi connectivity index (χ1v) is 7.58. The maximum absolute atomic E-state index is 5.87. The van der Waals surface area contributed by atoms with Crippen LogP contribution in [0, 0.1) is 19.8 Å². The number of anilines is 1. The van der Waals surface area contributed by atoms with Gasteiger partial charge >= 0.3 is 0 Å². The summed E-state index contributed by atoms with van der Waals surface area (Å²) in [5.74, 6) is 1.45. The quantitative estimate of drug-likeness (QED) is 0.810. The third kappa shape index (κ3) is 4.52. The molecule has 112 valence electrons. The molecule has 0 saturated carbocycles. The van der Waals surface area contributed by atoms with Gasteiger partial charge in [0.15, 0.2) is 0 Å². The average molecular weight is 283 g/mol. The highest BCUT2D eigenvalue weighted by Crippen LogP contribution is 2.25. The summed E-state index contributed by atoms with van der Waals surface area (Å²) in [4.78, 5) is 0. The maximum atomic E-state index is 5.87. The predicted octanol–water partition coefficient (Wildman–Crippen LogP) is 4.95. The molecule has 21 heavy (non-hydrogen) atoms. The predicted molar refractivity (Wildman–Crippen MR) is 90.0 cm³/mol. The lowest BCUT2D eigenvalue weighted by Gasteiger charge is -2.15. The second-order valence-corrected chi connectivity index (χ2v) is 5.97. The van der Waals surface area contributed by atoms with Gasteiger partial charge in [-0.25, -0.2) is 0 Å². The van der Waals surface area contributed by atoms with E-state index < -0.39 is 0 Å². The second-order valence-electron chi connectivity index (χ2n) is 5.97. The maximum Gasteiger partial charge on any atom is 0.142 e. The van der Waals surface area contributed by atoms with Crippen LogP contribution >= 0.6 is 0 Å². The Hall–Kier alpha value is -1.96. The molecule has 2 heteroatoms. The molecule has 0 radical (unpaired) electrons. The zero-order valence-corrected chi connectivity index (χ0v) is 13.4. The second kappa shape index (κ2) is 7.16. The number of aryl methyl sites for hydroxylation is 2. The zero-order valence-electron chi connectivity index (χ0n) is 13.4. The van der Waals surface area contributed by atoms with Crippen molar-refractivity contribution in [1.29, 1.82) is 0 Å². The van der Waals surface area contributed by atoms with Gasteiger partial charge in [0.05, 0.1) is 12.3 Å². The lowest BCUT2D eigenvalue weighted by molar-refractivity contribution is 0.272. The minimum Gasteiger partial charge on any atom is -0.491 e. The standard InChI is InChI=1S/C19H25NO/c1-14(2)13-21-19-8-6-5-7-18(19)20-12-17-10-9-15(3)16(4)11-17/h5-11,14,20H,12-13H2,1-4H3. The highest BCUT2D eigenvalue weighted by Gasteiger charge is 2.04. The summed E-state index contributed by atoms with van der Waals surface area (Å²) in [6.45, 7) is 10.2. The van der Waals surface area contributed by atoms with Gasteiger partial charge in [0.1, 0.15) is 5.75 Å². The van der Waals surface area contributed by atoms with Crippen LogP contribution in [0.1, 0.15) is 30.5 Å². The summed E-state index contributed by atoms with van der Waals surface area (Å²) >= 11 is 0. The number of hydrogen-bond donors (Lipinski definition) is 1. The highest BCUT2D eigenvalue weighted by molar-refractivity contribution is 5.56. The topological polar surface area (TPSA) is 21.3 Å². The van der Waals surface area contributed by atoms with Gasteiger partial charge in [-0.15, -0.1) is 0 Å². The van der Waals surface area contributed by atoms with E-state index in [-0.39, 0.29) is 0 Å². The largest absolute Gasteiger partial charge is 0.491 e. The average Bonchev–Trinajstić information content (AvgIpc) is 2.47. The van der Waals surface area contributed by atoms with Crippen LogP contribution in [-0.4, -0.2) is 6.61 Å². The van der Waals surface area contributed by atoms with Crippen molar-refractivity contribution in [2.45, 2.75) is 34.2 Å². The van der Waals surface area contributed by atoms with Crippen LogP contribution in [-0.2, 0) is 6.54 Å². The Morgan fingerprint density at radius 3 is 2.48 bits per heavy atom. The minimum atomic E-state index is 0.526. The fourth-order valence-corrected chi connectivity index (χ4v) is 2.11. The van der Waals surface area contributed by atoms with E-state index >= 15 is 0 Å². The van der Waals surface area contributed by atoms with E-state index in [0.717, 1.165) is 24.6 Å². The van der Waals surface area contributed by atoms with Gasteiger partial charge in [-0.3, -0.25) is 0 Å². The highest BCUT2D eigenvalue weighted by atomic mass is 16.5. The van der Waals surface area contributed by atoms with Gasteiger partial charge in [0.2, 0.25) is 0 Å². The first-order valence-electron chi connectivity index (χ1n) is 7.58. The lowest BCUT2D eigenvalue weighted by Crippen LogP contribution is -2.07. The first-order chi connectivity index (χ1) is 10.1. The van der Waals surface area contributed by atoms with Crippen molar-refractivity contribution in [2.24, 2.45) is 5.92 Å². The monoisotopic (exact) mass is 283 g/mol. The SMILES string of the molecule is Cc1ccc(CNc2ccccc2OCC(C)C)cc1C. The van der Waals surface area contributed by atoms with Crippen LogP contribution in [0.15, 0.2) is 42.5 Å². The van der Waals surface area contributed by atoms with Crippen molar-refractivity contribution >= 4 is 5.69 Å². The molecule has 0 atom stereocenters. The normalized spacial score (nSPS) is 10.7. The number of rotatable bonds is 6. The fourth-order valence-electron chi connectivity index (χ4n) is 2.11. The van der Waals surface area contributed by atoms with Crippen LogP contribution in [0.2, 0.25) is 0 Å². The van der Waals surface area contributed by atoms with Crippen LogP contribution in [0.4, 0.5) is 5.69 Å². The van der Waals surface area contributed by atoms with Crippen LogP contribution < -0.4 is 10.1 Å². The van der Waals surface area contributed by atoms with E-state index in [1.165, 1.54) is 16.7 Å². The first kappa shape index (κ1) is 15.4. The van der Waals surface area contributed by atoms with Gasteiger partial charge in [0.25, 0.3) is 0 Å². The van der Waals surface area contributed by atoms with Crippen molar-refractivity contribution in [3.05, 3.63) is 59.2 Å². The molecule has 2 aromatic rings. The molecule has 0 heterocycles. The van der Waals surface area contributed by atoms with Gasteiger partial charge in [-0.05, 0) is 48.6 Å². The molecule has 2 aromatic carbocycles. The van der Waals surface area contributed by atoms with Crippen molar-refractivity contribution in [3.63, 3.8) is 0 Å². The van der Waals surface area contributed by atoms with Crippen LogP contribution in [0.5, 0.6) is 5.75 Å². The third-order valence-corrected chi connectivity index (χ3v) is 3.51. The van der Waals surface area contributed by atoms with E-state index in [0.29, 0.717) is 5.92 Å². The summed E-state index contributed by atoms with van der Waals surface area (Å²) in [6, 6.07) is 14.7. The number of hydrogen-bond acceptors (Lipinski definition) is 2. The van der Waals surface area contributed by atoms with Crippen LogP contribution in [0.3, 0.4) is 0 Å². The van der Waals surface area contributed by atoms with E-state index in [1.54, 1.807) is 0 Å². The Kier molecular flexibility index (Phi) is 5.26. The Labute approximate surface area is 128 Å². The summed E-state index contributed by atoms with van der Waals surface area (Å²) < 4.78 is 5.87. The number of para-hydroxylation sites is 2. The molecule has 0 saturated heterocycles. The van der Waals surface area contributed by atoms with E-state index in [1.807, 2.05) is 18.2 Å². The van der Waals surface area contributed by atoms with Gasteiger partial charge in [-0.2, -0.15) is 0 Å². The van der Waals surface area contributed by atoms with Crippen molar-refractivity contribution in [3.8, 4) is 5.75 Å². The molecular weight excluding hydrogens is 258 g/mol. The smallest absolute Gasteiger partial charge is 0.142 e. The van der Waals surface area contributed by atoms with Gasteiger partial charge < -0.3 is 10.1 Å². The Balaban J connectivity index is 2.03. The van der Waals surface area contributed by atoms with Gasteiger partial charge in [0, 0.05) is 6.54 Å². The molecule has 0 unspecified atom stereocenters. The molecule has 0 amide bonds. The van der Waals surface area contributed by atoms with E-state index in [2.05, 4.69) is 57.3 Å². The zero-order chi connectivity index (χ0) is 15.2. The van der Waals surface area contributed by atoms with Crippen LogP contribution in [0.25, 0.3) is 0 Å². The molecule has 2 rings (SSSR count). The van der Waals surface area contributed by atoms with E-state index in [4.69, 9.17) is 4.74 Å². The molecule has 0 spiro atoms. The van der Waals surface area contributed by atoms with Crippen molar-refractivity contribution in [1.82, 2.24) is 0 Å². The van der Waals surface area contributed by atoms with Crippen molar-refractivity contribution < 1.29 is 4.74 Å². The summed E-state index contributed by atoms with van der Waals surface area (Å²) in [5.41, 5.74) is 5.01. The summed E-state index contributed by atoms with van der Waals surface area (Å²) in [6.07, 6.45) is 0. The molecule has 2 nitrogen and oxygen atoms in total. The molecule has 0 bridgehead atoms. The summed E-state index contributed by atoms with van der Waals surface area (Å²) in [5, 5.41) is 3.47. The Bertz CT molecular complexity index is 590. The Morgan fingerprint density at radius 1 is 1.00 bits per heavy atom. The number of ether oxygens (including phenoxy) is 1. The van der Waals surface area contributed by atoms with Gasteiger partial charge in [-0.1, -0.05) is 44.2 Å². The molecule has 0 aliphatic carbocycles. The lowest BCUT2D eigenvalue weighted by atomic mass is 10.1. The minimum absolute atomic E-state index is 0.526. The Morgan fingerprint density at radius 2 is 1.76 bits per heavy atom. The molecule has 1 N–H and O–H groups in total. The molecule has 0 aliphatic heterocycles. The van der Waals surface area contributed by atoms with Crippen molar-refractivity contribution in [2.75, 3.05) is 11.9 Å². The third-order valence-electron chi connectivity index (χ3n) is 3.51. The molecular formula is C19H25NO. The molecule has 0 aliphatic rings. The number of benzene rings is 2. The number of nitrogens with one attached hydrogen (secondary N) is 1. The van der Waals surface area contributed by atoms with E-state index in [9.17, 15) is 0 Å². The molecule has 0 aromatic heterocycles. The molecule has 0 fully saturated rings. The fraction of sp³-hybridized carbons (Fsp3) is 0.368.